The van der Waals surface area contributed by atoms with E-state index < -0.39 is 10.0 Å². The molecule has 122 valence electrons. The number of aryl methyl sites for hydroxylation is 1. The van der Waals surface area contributed by atoms with Gasteiger partial charge in [0.15, 0.2) is 0 Å². The lowest BCUT2D eigenvalue weighted by Gasteiger charge is -2.06. The Bertz CT molecular complexity index is 513. The first-order valence-corrected chi connectivity index (χ1v) is 8.49. The monoisotopic (exact) mass is 319 g/mol. The fraction of sp³-hybridized carbons (Fsp3) is 0.692. The Morgan fingerprint density at radius 3 is 2.71 bits per heavy atom. The molecule has 3 N–H and O–H groups in total. The predicted molar refractivity (Wildman–Crippen MR) is 80.5 cm³/mol. The maximum absolute atomic E-state index is 12.2. The van der Waals surface area contributed by atoms with Crippen molar-refractivity contribution in [2.24, 2.45) is 5.73 Å². The molecule has 1 aromatic heterocycles. The molecule has 0 saturated heterocycles. The van der Waals surface area contributed by atoms with E-state index in [1.807, 2.05) is 11.5 Å². The molecule has 0 saturated carbocycles. The largest absolute Gasteiger partial charge is 0.382 e. The first-order valence-electron chi connectivity index (χ1n) is 7.00. The number of aromatic nitrogens is 1. The average Bonchev–Trinajstić information content (AvgIpc) is 2.87. The van der Waals surface area contributed by atoms with E-state index in [-0.39, 0.29) is 11.4 Å². The average molecular weight is 319 g/mol. The Kier molecular flexibility index (Phi) is 7.91. The minimum Gasteiger partial charge on any atom is -0.382 e. The molecule has 21 heavy (non-hydrogen) atoms. The number of nitrogens with zero attached hydrogens (tertiary/aromatic N) is 1. The highest BCUT2D eigenvalue weighted by Gasteiger charge is 2.17. The molecule has 0 fully saturated rings. The van der Waals surface area contributed by atoms with Crippen molar-refractivity contribution < 1.29 is 17.9 Å². The maximum Gasteiger partial charge on any atom is 0.242 e. The summed E-state index contributed by atoms with van der Waals surface area (Å²) < 4.78 is 38.8. The molecule has 0 aliphatic heterocycles. The summed E-state index contributed by atoms with van der Waals surface area (Å²) in [4.78, 5) is 0.244. The van der Waals surface area contributed by atoms with Crippen LogP contribution >= 0.6 is 0 Å². The molecule has 0 aliphatic carbocycles. The van der Waals surface area contributed by atoms with Crippen molar-refractivity contribution in [3.8, 4) is 0 Å². The summed E-state index contributed by atoms with van der Waals surface area (Å²) >= 11 is 0. The van der Waals surface area contributed by atoms with E-state index in [1.54, 1.807) is 19.4 Å². The van der Waals surface area contributed by atoms with Crippen molar-refractivity contribution in [1.29, 1.82) is 0 Å². The van der Waals surface area contributed by atoms with Gasteiger partial charge in [-0.1, -0.05) is 6.92 Å². The van der Waals surface area contributed by atoms with E-state index in [9.17, 15) is 8.42 Å². The Morgan fingerprint density at radius 2 is 2.10 bits per heavy atom. The summed E-state index contributed by atoms with van der Waals surface area (Å²) in [6.45, 7) is 4.57. The van der Waals surface area contributed by atoms with Crippen LogP contribution in [-0.4, -0.2) is 46.5 Å². The number of hydrogen-bond donors (Lipinski definition) is 2. The summed E-state index contributed by atoms with van der Waals surface area (Å²) in [5.74, 6) is 0. The van der Waals surface area contributed by atoms with E-state index >= 15 is 0 Å². The summed E-state index contributed by atoms with van der Waals surface area (Å²) in [5.41, 5.74) is 6.45. The van der Waals surface area contributed by atoms with Gasteiger partial charge in [-0.25, -0.2) is 13.1 Å². The summed E-state index contributed by atoms with van der Waals surface area (Å²) in [7, 11) is -1.94. The second-order valence-electron chi connectivity index (χ2n) is 4.57. The van der Waals surface area contributed by atoms with Gasteiger partial charge in [0.25, 0.3) is 0 Å². The van der Waals surface area contributed by atoms with E-state index in [2.05, 4.69) is 4.72 Å². The Labute approximate surface area is 126 Å². The highest BCUT2D eigenvalue weighted by molar-refractivity contribution is 7.89. The number of methoxy groups -OCH3 is 1. The zero-order valence-electron chi connectivity index (χ0n) is 12.7. The van der Waals surface area contributed by atoms with Crippen molar-refractivity contribution in [1.82, 2.24) is 9.29 Å². The van der Waals surface area contributed by atoms with Crippen LogP contribution < -0.4 is 10.5 Å². The third-order valence-corrected chi connectivity index (χ3v) is 4.34. The van der Waals surface area contributed by atoms with Gasteiger partial charge in [0, 0.05) is 38.6 Å². The Balaban J connectivity index is 2.57. The minimum atomic E-state index is -3.52. The minimum absolute atomic E-state index is 0.225. The fourth-order valence-electron chi connectivity index (χ4n) is 1.87. The first-order chi connectivity index (χ1) is 10.0. The molecule has 1 aromatic rings. The number of rotatable bonds is 11. The Hall–Kier alpha value is -0.930. The molecule has 0 amide bonds. The van der Waals surface area contributed by atoms with Crippen LogP contribution in [0.5, 0.6) is 0 Å². The molecular formula is C13H25N3O4S. The van der Waals surface area contributed by atoms with Gasteiger partial charge in [-0.3, -0.25) is 0 Å². The normalized spacial score (nSPS) is 12.0. The van der Waals surface area contributed by atoms with E-state index in [1.165, 1.54) is 0 Å². The predicted octanol–water partition coefficient (Wildman–Crippen LogP) is 0.298. The van der Waals surface area contributed by atoms with Crippen LogP contribution in [-0.2, 0) is 32.6 Å². The number of nitrogens with one attached hydrogen (secondary N) is 1. The molecular weight excluding hydrogens is 294 g/mol. The van der Waals surface area contributed by atoms with Crippen molar-refractivity contribution in [2.75, 3.05) is 33.5 Å². The van der Waals surface area contributed by atoms with Gasteiger partial charge in [-0.15, -0.1) is 0 Å². The maximum atomic E-state index is 12.2. The van der Waals surface area contributed by atoms with Crippen molar-refractivity contribution >= 4 is 10.0 Å². The van der Waals surface area contributed by atoms with Gasteiger partial charge >= 0.3 is 0 Å². The fourth-order valence-corrected chi connectivity index (χ4v) is 2.94. The third kappa shape index (κ3) is 5.76. The Morgan fingerprint density at radius 1 is 1.33 bits per heavy atom. The van der Waals surface area contributed by atoms with Gasteiger partial charge in [-0.05, 0) is 12.5 Å². The van der Waals surface area contributed by atoms with Crippen LogP contribution in [0.1, 0.15) is 19.0 Å². The SMILES string of the molecule is CCCn1cc(S(=O)(=O)NCCOCCOC)cc1CN. The lowest BCUT2D eigenvalue weighted by Crippen LogP contribution is -2.27. The van der Waals surface area contributed by atoms with Crippen LogP contribution in [0, 0.1) is 0 Å². The van der Waals surface area contributed by atoms with Gasteiger partial charge in [-0.2, -0.15) is 0 Å². The van der Waals surface area contributed by atoms with Gasteiger partial charge in [0.1, 0.15) is 0 Å². The standard InChI is InChI=1S/C13H25N3O4S/c1-3-5-16-11-13(9-12(16)10-14)21(17,18)15-4-6-20-8-7-19-2/h9,11,15H,3-8,10,14H2,1-2H3. The smallest absolute Gasteiger partial charge is 0.242 e. The summed E-state index contributed by atoms with van der Waals surface area (Å²) in [6, 6.07) is 1.61. The second-order valence-corrected chi connectivity index (χ2v) is 6.33. The van der Waals surface area contributed by atoms with Crippen molar-refractivity contribution in [3.63, 3.8) is 0 Å². The van der Waals surface area contributed by atoms with Crippen LogP contribution in [0.2, 0.25) is 0 Å². The number of nitrogens with two attached hydrogens (primary N) is 1. The molecule has 7 nitrogen and oxygen atoms in total. The molecule has 0 unspecified atom stereocenters. The molecule has 0 aromatic carbocycles. The molecule has 0 atom stereocenters. The molecule has 0 spiro atoms. The second kappa shape index (κ2) is 9.16. The zero-order chi connectivity index (χ0) is 15.7. The lowest BCUT2D eigenvalue weighted by atomic mass is 10.4. The topological polar surface area (TPSA) is 95.6 Å². The first kappa shape index (κ1) is 18.1. The number of ether oxygens (including phenoxy) is 2. The molecule has 1 rings (SSSR count). The lowest BCUT2D eigenvalue weighted by molar-refractivity contribution is 0.0736. The van der Waals surface area contributed by atoms with Crippen LogP contribution in [0.25, 0.3) is 0 Å². The number of hydrogen-bond acceptors (Lipinski definition) is 5. The van der Waals surface area contributed by atoms with Gasteiger partial charge in [0.05, 0.1) is 24.7 Å². The van der Waals surface area contributed by atoms with E-state index in [0.29, 0.717) is 26.4 Å². The van der Waals surface area contributed by atoms with Crippen LogP contribution in [0.4, 0.5) is 0 Å². The van der Waals surface area contributed by atoms with Gasteiger partial charge < -0.3 is 19.8 Å². The summed E-state index contributed by atoms with van der Waals surface area (Å²) in [5, 5.41) is 0. The van der Waals surface area contributed by atoms with Crippen LogP contribution in [0.15, 0.2) is 17.2 Å². The van der Waals surface area contributed by atoms with E-state index in [0.717, 1.165) is 18.7 Å². The summed E-state index contributed by atoms with van der Waals surface area (Å²) in [6.07, 6.45) is 2.54. The molecule has 1 heterocycles. The molecule has 0 radical (unpaired) electrons. The van der Waals surface area contributed by atoms with Crippen molar-refractivity contribution in [2.45, 2.75) is 31.3 Å². The molecule has 0 bridgehead atoms. The highest BCUT2D eigenvalue weighted by Crippen LogP contribution is 2.14. The quantitative estimate of drug-likeness (QED) is 0.572. The molecule has 0 aliphatic rings. The van der Waals surface area contributed by atoms with E-state index in [4.69, 9.17) is 15.2 Å². The van der Waals surface area contributed by atoms with Crippen molar-refractivity contribution in [3.05, 3.63) is 18.0 Å². The highest BCUT2D eigenvalue weighted by atomic mass is 32.2. The van der Waals surface area contributed by atoms with Gasteiger partial charge in [0.2, 0.25) is 10.0 Å². The molecule has 8 heteroatoms. The number of sulfonamides is 1. The third-order valence-electron chi connectivity index (χ3n) is 2.92. The zero-order valence-corrected chi connectivity index (χ0v) is 13.5. The van der Waals surface area contributed by atoms with Crippen LogP contribution in [0.3, 0.4) is 0 Å².